The van der Waals surface area contributed by atoms with E-state index in [1.165, 1.54) is 16.7 Å². The molecule has 200 valence electrons. The van der Waals surface area contributed by atoms with E-state index in [0.29, 0.717) is 38.5 Å². The Morgan fingerprint density at radius 3 is 2.35 bits per heavy atom. The van der Waals surface area contributed by atoms with Gasteiger partial charge in [0.2, 0.25) is 11.8 Å². The average Bonchev–Trinajstić information content (AvgIpc) is 2.73. The number of carboxylic acid groups (broad SMARTS) is 1. The Hall–Kier alpha value is -1.50. The number of hydrogen-bond donors (Lipinski definition) is 4. The maximum atomic E-state index is 12.7. The van der Waals surface area contributed by atoms with Crippen LogP contribution in [0.1, 0.15) is 46.5 Å². The molecule has 0 unspecified atom stereocenters. The fourth-order valence-corrected chi connectivity index (χ4v) is 3.45. The van der Waals surface area contributed by atoms with Crippen LogP contribution in [0, 0.1) is 5.92 Å². The van der Waals surface area contributed by atoms with Gasteiger partial charge < -0.3 is 40.3 Å². The van der Waals surface area contributed by atoms with Crippen LogP contribution in [0.5, 0.6) is 0 Å². The lowest BCUT2D eigenvalue weighted by molar-refractivity contribution is -0.144. The van der Waals surface area contributed by atoms with Gasteiger partial charge in [-0.15, -0.1) is 12.4 Å². The maximum Gasteiger partial charge on any atom is 0.305 e. The summed E-state index contributed by atoms with van der Waals surface area (Å²) in [4.78, 5) is 38.9. The second-order valence-electron chi connectivity index (χ2n) is 8.93. The monoisotopic (exact) mass is 511 g/mol. The van der Waals surface area contributed by atoms with Crippen molar-refractivity contribution >= 4 is 30.2 Å². The van der Waals surface area contributed by atoms with Gasteiger partial charge in [0.05, 0.1) is 19.1 Å². The average molecular weight is 512 g/mol. The molecule has 1 saturated heterocycles. The molecule has 1 heterocycles. The number of carboxylic acids is 1. The van der Waals surface area contributed by atoms with Crippen LogP contribution in [-0.4, -0.2) is 113 Å². The molecule has 2 amide bonds. The van der Waals surface area contributed by atoms with Crippen molar-refractivity contribution in [3.63, 3.8) is 0 Å². The molecule has 4 atom stereocenters. The van der Waals surface area contributed by atoms with E-state index < -0.39 is 42.7 Å². The summed E-state index contributed by atoms with van der Waals surface area (Å²) in [6.07, 6.45) is -1.84. The zero-order chi connectivity index (χ0) is 25.0. The van der Waals surface area contributed by atoms with Gasteiger partial charge >= 0.3 is 5.97 Å². The van der Waals surface area contributed by atoms with E-state index in [1.54, 1.807) is 0 Å². The molecule has 0 aromatic heterocycles. The van der Waals surface area contributed by atoms with Crippen molar-refractivity contribution in [2.24, 2.45) is 11.7 Å². The number of halogens is 1. The normalized spacial score (nSPS) is 24.1. The van der Waals surface area contributed by atoms with Crippen LogP contribution >= 0.6 is 12.4 Å². The Balaban J connectivity index is 0.0000109. The maximum absolute atomic E-state index is 12.7. The summed E-state index contributed by atoms with van der Waals surface area (Å²) in [5, 5.41) is 30.0. The predicted octanol–water partition coefficient (Wildman–Crippen LogP) is -0.149. The van der Waals surface area contributed by atoms with E-state index in [2.05, 4.69) is 0 Å². The fraction of sp³-hybridized carbons (Fsp3) is 0.864. The predicted molar refractivity (Wildman–Crippen MR) is 128 cm³/mol. The summed E-state index contributed by atoms with van der Waals surface area (Å²) in [6, 6.07) is -1.17. The van der Waals surface area contributed by atoms with Crippen LogP contribution in [0.4, 0.5) is 0 Å². The zero-order valence-electron chi connectivity index (χ0n) is 20.4. The number of nitrogens with two attached hydrogens (primary N) is 1. The first kappa shape index (κ1) is 32.5. The molecule has 1 rings (SSSR count). The van der Waals surface area contributed by atoms with Crippen molar-refractivity contribution in [2.45, 2.75) is 70.8 Å². The molecule has 1 fully saturated rings. The molecule has 0 saturated carbocycles. The minimum atomic E-state index is -1.26. The highest BCUT2D eigenvalue weighted by Crippen LogP contribution is 2.12. The number of carbonyl (C=O) groups is 3. The molecular weight excluding hydrogens is 470 g/mol. The summed E-state index contributed by atoms with van der Waals surface area (Å²) in [7, 11) is 0. The largest absolute Gasteiger partial charge is 0.481 e. The molecule has 1 aliphatic heterocycles. The van der Waals surface area contributed by atoms with Crippen LogP contribution in [0.15, 0.2) is 0 Å². The minimum Gasteiger partial charge on any atom is -0.481 e. The molecule has 12 heteroatoms. The zero-order valence-corrected chi connectivity index (χ0v) is 21.2. The summed E-state index contributed by atoms with van der Waals surface area (Å²) < 4.78 is 11.3. The number of aliphatic carboxylic acids is 1. The number of aliphatic hydroxyl groups is 2. The van der Waals surface area contributed by atoms with Gasteiger partial charge in [0.15, 0.2) is 0 Å². The lowest BCUT2D eigenvalue weighted by Gasteiger charge is -2.34. The van der Waals surface area contributed by atoms with Crippen LogP contribution < -0.4 is 5.73 Å². The number of nitrogens with zero attached hydrogens (tertiary/aromatic N) is 2. The Kier molecular flexibility index (Phi) is 16.3. The molecule has 11 nitrogen and oxygen atoms in total. The van der Waals surface area contributed by atoms with Gasteiger partial charge in [0, 0.05) is 46.3 Å². The van der Waals surface area contributed by atoms with Crippen LogP contribution in [-0.2, 0) is 23.9 Å². The first-order valence-corrected chi connectivity index (χ1v) is 11.6. The van der Waals surface area contributed by atoms with Crippen molar-refractivity contribution in [1.29, 1.82) is 0 Å². The van der Waals surface area contributed by atoms with E-state index in [1.807, 2.05) is 13.8 Å². The number of ether oxygens (including phenoxy) is 2. The Labute approximate surface area is 208 Å². The lowest BCUT2D eigenvalue weighted by Crippen LogP contribution is -2.52. The number of rotatable bonds is 7. The minimum absolute atomic E-state index is 0. The van der Waals surface area contributed by atoms with Crippen LogP contribution in [0.25, 0.3) is 0 Å². The fourth-order valence-electron chi connectivity index (χ4n) is 3.45. The number of carbonyl (C=O) groups excluding carboxylic acids is 2. The standard InChI is InChI=1S/C22H41N3O8.ClH/c1-15(2)6-11-33-19-13-25(16(3)26)9-8-24(22(31)17(23)12-20(28)29)7-4-5-10-32-14-18(27)21(19)30;/h15,17-19,21,27,30H,4-14,23H2,1-3H3,(H,28,29);1H/t17-,18+,19+,21+;/m0./s1. The van der Waals surface area contributed by atoms with Crippen molar-refractivity contribution in [3.8, 4) is 0 Å². The topological polar surface area (TPSA) is 163 Å². The van der Waals surface area contributed by atoms with E-state index >= 15 is 0 Å². The summed E-state index contributed by atoms with van der Waals surface area (Å²) in [6.45, 7) is 6.72. The third-order valence-corrected chi connectivity index (χ3v) is 5.57. The molecule has 0 bridgehead atoms. The van der Waals surface area contributed by atoms with Gasteiger partial charge in [-0.25, -0.2) is 0 Å². The van der Waals surface area contributed by atoms with Crippen molar-refractivity contribution in [3.05, 3.63) is 0 Å². The molecule has 0 aliphatic carbocycles. The third-order valence-electron chi connectivity index (χ3n) is 5.57. The van der Waals surface area contributed by atoms with Crippen LogP contribution in [0.2, 0.25) is 0 Å². The van der Waals surface area contributed by atoms with Crippen molar-refractivity contribution < 1.29 is 39.2 Å². The van der Waals surface area contributed by atoms with E-state index in [-0.39, 0.29) is 44.6 Å². The smallest absolute Gasteiger partial charge is 0.305 e. The molecular formula is C22H42ClN3O8. The lowest BCUT2D eigenvalue weighted by atomic mass is 10.1. The SMILES string of the molecule is CC(=O)N1CCN(C(=O)[C@@H](N)CC(=O)O)CCCCOC[C@@H](O)[C@@H](O)[C@H](OCCC(C)C)C1.Cl. The van der Waals surface area contributed by atoms with Gasteiger partial charge in [0.1, 0.15) is 18.3 Å². The Morgan fingerprint density at radius 1 is 1.12 bits per heavy atom. The highest BCUT2D eigenvalue weighted by Gasteiger charge is 2.31. The van der Waals surface area contributed by atoms with Gasteiger partial charge in [0.25, 0.3) is 0 Å². The Morgan fingerprint density at radius 2 is 1.76 bits per heavy atom. The second kappa shape index (κ2) is 17.0. The first-order chi connectivity index (χ1) is 15.5. The molecule has 1 aliphatic rings. The summed E-state index contributed by atoms with van der Waals surface area (Å²) in [5.74, 6) is -1.55. The highest BCUT2D eigenvalue weighted by atomic mass is 35.5. The number of aliphatic hydroxyl groups excluding tert-OH is 2. The van der Waals surface area contributed by atoms with E-state index in [9.17, 15) is 24.6 Å². The van der Waals surface area contributed by atoms with E-state index in [4.69, 9.17) is 20.3 Å². The van der Waals surface area contributed by atoms with Crippen LogP contribution in [0.3, 0.4) is 0 Å². The van der Waals surface area contributed by atoms with Gasteiger partial charge in [-0.3, -0.25) is 14.4 Å². The number of amides is 2. The van der Waals surface area contributed by atoms with Crippen molar-refractivity contribution in [2.75, 3.05) is 46.0 Å². The van der Waals surface area contributed by atoms with E-state index in [0.717, 1.165) is 6.42 Å². The van der Waals surface area contributed by atoms with Gasteiger partial charge in [-0.05, 0) is 25.2 Å². The second-order valence-corrected chi connectivity index (χ2v) is 8.93. The van der Waals surface area contributed by atoms with Gasteiger partial charge in [-0.1, -0.05) is 13.8 Å². The van der Waals surface area contributed by atoms with Gasteiger partial charge in [-0.2, -0.15) is 0 Å². The summed E-state index contributed by atoms with van der Waals surface area (Å²) in [5.41, 5.74) is 5.78. The van der Waals surface area contributed by atoms with Crippen molar-refractivity contribution in [1.82, 2.24) is 9.80 Å². The molecule has 0 radical (unpaired) electrons. The Bertz CT molecular complexity index is 625. The first-order valence-electron chi connectivity index (χ1n) is 11.6. The molecule has 5 N–H and O–H groups in total. The third kappa shape index (κ3) is 12.3. The molecule has 34 heavy (non-hydrogen) atoms. The highest BCUT2D eigenvalue weighted by molar-refractivity contribution is 5.86. The summed E-state index contributed by atoms with van der Waals surface area (Å²) >= 11 is 0. The number of hydrogen-bond acceptors (Lipinski definition) is 8. The quantitative estimate of drug-likeness (QED) is 0.364. The molecule has 0 spiro atoms. The molecule has 0 aromatic carbocycles. The molecule has 0 aromatic rings.